The summed E-state index contributed by atoms with van der Waals surface area (Å²) in [6, 6.07) is 7.75. The smallest absolute Gasteiger partial charge is 0.101 e. The molecule has 0 aromatic heterocycles. The largest absolute Gasteiger partial charge is 0.192 e. The summed E-state index contributed by atoms with van der Waals surface area (Å²) in [7, 11) is 0. The van der Waals surface area contributed by atoms with E-state index in [1.165, 1.54) is 12.0 Å². The zero-order chi connectivity index (χ0) is 10.6. The molecule has 0 bridgehead atoms. The highest BCUT2D eigenvalue weighted by Crippen LogP contribution is 2.25. The Bertz CT molecular complexity index is 352. The van der Waals surface area contributed by atoms with E-state index in [4.69, 9.17) is 16.9 Å². The molecule has 0 aliphatic rings. The first-order chi connectivity index (χ1) is 6.69. The zero-order valence-corrected chi connectivity index (χ0v) is 9.30. The lowest BCUT2D eigenvalue weighted by Crippen LogP contribution is -1.93. The summed E-state index contributed by atoms with van der Waals surface area (Å²) in [6.45, 7) is 4.35. The highest BCUT2D eigenvalue weighted by Gasteiger charge is 2.06. The van der Waals surface area contributed by atoms with E-state index in [-0.39, 0.29) is 0 Å². The van der Waals surface area contributed by atoms with Crippen LogP contribution in [-0.4, -0.2) is 0 Å². The summed E-state index contributed by atoms with van der Waals surface area (Å²) in [5, 5.41) is 9.28. The van der Waals surface area contributed by atoms with Crippen molar-refractivity contribution in [1.82, 2.24) is 0 Å². The second-order valence-corrected chi connectivity index (χ2v) is 3.95. The third kappa shape index (κ3) is 2.49. The van der Waals surface area contributed by atoms with E-state index in [1.54, 1.807) is 6.07 Å². The first-order valence-corrected chi connectivity index (χ1v) is 5.26. The van der Waals surface area contributed by atoms with Gasteiger partial charge in [-0.2, -0.15) is 5.26 Å². The van der Waals surface area contributed by atoms with E-state index in [9.17, 15) is 0 Å². The van der Waals surface area contributed by atoms with E-state index in [0.717, 1.165) is 6.42 Å². The molecule has 1 atom stereocenters. The molecule has 0 spiro atoms. The average molecular weight is 208 g/mol. The second-order valence-electron chi connectivity index (χ2n) is 3.54. The molecule has 0 saturated carbocycles. The summed E-state index contributed by atoms with van der Waals surface area (Å²) in [6.07, 6.45) is 2.32. The van der Waals surface area contributed by atoms with E-state index in [1.807, 2.05) is 12.1 Å². The van der Waals surface area contributed by atoms with Crippen molar-refractivity contribution in [1.29, 1.82) is 5.26 Å². The number of hydrogen-bond donors (Lipinski definition) is 0. The van der Waals surface area contributed by atoms with Crippen molar-refractivity contribution in [2.24, 2.45) is 0 Å². The molecular formula is C12H14ClN. The summed E-state index contributed by atoms with van der Waals surface area (Å²) >= 11 is 5.95. The molecule has 0 heterocycles. The van der Waals surface area contributed by atoms with Crippen LogP contribution in [0.1, 0.15) is 43.7 Å². The molecular weight excluding hydrogens is 194 g/mol. The number of benzene rings is 1. The zero-order valence-electron chi connectivity index (χ0n) is 8.55. The van der Waals surface area contributed by atoms with Crippen LogP contribution in [0.5, 0.6) is 0 Å². The van der Waals surface area contributed by atoms with Crippen LogP contribution in [0.15, 0.2) is 18.2 Å². The van der Waals surface area contributed by atoms with Crippen molar-refractivity contribution < 1.29 is 0 Å². The van der Waals surface area contributed by atoms with E-state index >= 15 is 0 Å². The third-order valence-electron chi connectivity index (χ3n) is 2.40. The van der Waals surface area contributed by atoms with Gasteiger partial charge >= 0.3 is 0 Å². The highest BCUT2D eigenvalue weighted by atomic mass is 35.5. The Morgan fingerprint density at radius 2 is 2.21 bits per heavy atom. The third-order valence-corrected chi connectivity index (χ3v) is 2.72. The second kappa shape index (κ2) is 5.02. The lowest BCUT2D eigenvalue weighted by Gasteiger charge is -2.10. The Hall–Kier alpha value is -1.00. The molecule has 2 heteroatoms. The minimum Gasteiger partial charge on any atom is -0.192 e. The van der Waals surface area contributed by atoms with Crippen molar-refractivity contribution in [3.63, 3.8) is 0 Å². The van der Waals surface area contributed by atoms with Gasteiger partial charge in [-0.1, -0.05) is 37.9 Å². The van der Waals surface area contributed by atoms with Gasteiger partial charge in [-0.15, -0.1) is 0 Å². The van der Waals surface area contributed by atoms with Crippen LogP contribution in [0.3, 0.4) is 0 Å². The fourth-order valence-electron chi connectivity index (χ4n) is 1.53. The predicted octanol–water partition coefficient (Wildman–Crippen LogP) is 4.12. The molecule has 1 rings (SSSR count). The van der Waals surface area contributed by atoms with Crippen LogP contribution < -0.4 is 0 Å². The maximum atomic E-state index is 8.72. The van der Waals surface area contributed by atoms with Crippen LogP contribution in [0.4, 0.5) is 0 Å². The Balaban J connectivity index is 2.92. The summed E-state index contributed by atoms with van der Waals surface area (Å²) in [5.74, 6) is 0.519. The minimum absolute atomic E-state index is 0.519. The highest BCUT2D eigenvalue weighted by molar-refractivity contribution is 6.31. The quantitative estimate of drug-likeness (QED) is 0.732. The first kappa shape index (κ1) is 11.1. The Morgan fingerprint density at radius 3 is 2.71 bits per heavy atom. The van der Waals surface area contributed by atoms with Crippen molar-refractivity contribution in [3.8, 4) is 6.07 Å². The average Bonchev–Trinajstić information content (AvgIpc) is 2.18. The van der Waals surface area contributed by atoms with Crippen LogP contribution in [0.2, 0.25) is 5.02 Å². The predicted molar refractivity (Wildman–Crippen MR) is 59.5 cm³/mol. The molecule has 0 aliphatic heterocycles. The normalized spacial score (nSPS) is 12.1. The van der Waals surface area contributed by atoms with Crippen molar-refractivity contribution in [2.75, 3.05) is 0 Å². The van der Waals surface area contributed by atoms with Crippen molar-refractivity contribution >= 4 is 11.6 Å². The molecule has 74 valence electrons. The number of hydrogen-bond acceptors (Lipinski definition) is 1. The van der Waals surface area contributed by atoms with Gasteiger partial charge in [-0.25, -0.2) is 0 Å². The fraction of sp³-hybridized carbons (Fsp3) is 0.417. The van der Waals surface area contributed by atoms with Gasteiger partial charge in [0, 0.05) is 0 Å². The number of nitrogens with zero attached hydrogens (tertiary/aromatic N) is 1. The van der Waals surface area contributed by atoms with Gasteiger partial charge in [0.15, 0.2) is 0 Å². The van der Waals surface area contributed by atoms with Crippen molar-refractivity contribution in [3.05, 3.63) is 34.3 Å². The van der Waals surface area contributed by atoms with E-state index in [0.29, 0.717) is 16.5 Å². The lowest BCUT2D eigenvalue weighted by molar-refractivity contribution is 0.665. The number of halogens is 1. The van der Waals surface area contributed by atoms with Crippen LogP contribution in [-0.2, 0) is 0 Å². The molecule has 14 heavy (non-hydrogen) atoms. The Morgan fingerprint density at radius 1 is 1.50 bits per heavy atom. The van der Waals surface area contributed by atoms with E-state index < -0.39 is 0 Å². The minimum atomic E-state index is 0.519. The molecule has 0 radical (unpaired) electrons. The number of rotatable bonds is 3. The van der Waals surface area contributed by atoms with Gasteiger partial charge in [0.05, 0.1) is 10.6 Å². The maximum absolute atomic E-state index is 8.72. The molecule has 0 fully saturated rings. The van der Waals surface area contributed by atoms with Crippen LogP contribution in [0, 0.1) is 11.3 Å². The molecule has 0 aliphatic carbocycles. The summed E-state index contributed by atoms with van der Waals surface area (Å²) < 4.78 is 0. The molecule has 1 unspecified atom stereocenters. The maximum Gasteiger partial charge on any atom is 0.101 e. The summed E-state index contributed by atoms with van der Waals surface area (Å²) in [5.41, 5.74) is 1.77. The molecule has 0 N–H and O–H groups in total. The molecule has 1 nitrogen and oxygen atoms in total. The van der Waals surface area contributed by atoms with Gasteiger partial charge in [0.25, 0.3) is 0 Å². The molecule has 0 amide bonds. The standard InChI is InChI=1S/C12H14ClN/c1-3-4-9(2)10-5-6-11(8-14)12(13)7-10/h5-7,9H,3-4H2,1-2H3. The van der Waals surface area contributed by atoms with Crippen LogP contribution in [0.25, 0.3) is 0 Å². The van der Waals surface area contributed by atoms with Gasteiger partial charge in [0.1, 0.15) is 6.07 Å². The first-order valence-electron chi connectivity index (χ1n) is 4.88. The molecule has 0 saturated heterocycles. The van der Waals surface area contributed by atoms with Crippen molar-refractivity contribution in [2.45, 2.75) is 32.6 Å². The Kier molecular flexibility index (Phi) is 3.98. The lowest BCUT2D eigenvalue weighted by atomic mass is 9.96. The van der Waals surface area contributed by atoms with Gasteiger partial charge in [-0.05, 0) is 30.0 Å². The van der Waals surface area contributed by atoms with Gasteiger partial charge in [0.2, 0.25) is 0 Å². The van der Waals surface area contributed by atoms with Crippen LogP contribution >= 0.6 is 11.6 Å². The molecule has 1 aromatic carbocycles. The monoisotopic (exact) mass is 207 g/mol. The van der Waals surface area contributed by atoms with Gasteiger partial charge in [-0.3, -0.25) is 0 Å². The van der Waals surface area contributed by atoms with E-state index in [2.05, 4.69) is 19.9 Å². The SMILES string of the molecule is CCCC(C)c1ccc(C#N)c(Cl)c1. The fourth-order valence-corrected chi connectivity index (χ4v) is 1.76. The van der Waals surface area contributed by atoms with Gasteiger partial charge < -0.3 is 0 Å². The molecule has 1 aromatic rings. The topological polar surface area (TPSA) is 23.8 Å². The number of nitriles is 1. The summed E-state index contributed by atoms with van der Waals surface area (Å²) in [4.78, 5) is 0. The Labute approximate surface area is 90.3 Å².